The highest BCUT2D eigenvalue weighted by Crippen LogP contribution is 2.27. The zero-order valence-electron chi connectivity index (χ0n) is 13.9. The SMILES string of the molecule is CC1CCCC(C)N1C(=O)CCN1CCCc2ccccc21. The number of carbonyl (C=O) groups excluding carboxylic acids is 1. The molecule has 3 nitrogen and oxygen atoms in total. The summed E-state index contributed by atoms with van der Waals surface area (Å²) in [5, 5.41) is 0. The molecule has 0 spiro atoms. The van der Waals surface area contributed by atoms with Crippen molar-refractivity contribution < 1.29 is 4.79 Å². The summed E-state index contributed by atoms with van der Waals surface area (Å²) >= 11 is 0. The third kappa shape index (κ3) is 3.13. The van der Waals surface area contributed by atoms with Crippen LogP contribution in [0, 0.1) is 0 Å². The first-order valence-corrected chi connectivity index (χ1v) is 8.81. The molecule has 2 aliphatic rings. The van der Waals surface area contributed by atoms with E-state index in [0.29, 0.717) is 24.4 Å². The van der Waals surface area contributed by atoms with Crippen LogP contribution < -0.4 is 4.90 Å². The maximum Gasteiger partial charge on any atom is 0.224 e. The molecule has 2 unspecified atom stereocenters. The van der Waals surface area contributed by atoms with Gasteiger partial charge in [0.05, 0.1) is 0 Å². The van der Waals surface area contributed by atoms with Crippen molar-refractivity contribution in [3.63, 3.8) is 0 Å². The number of amides is 1. The number of hydrogen-bond acceptors (Lipinski definition) is 2. The lowest BCUT2D eigenvalue weighted by molar-refractivity contribution is -0.137. The Kier molecular flexibility index (Phi) is 4.70. The van der Waals surface area contributed by atoms with Crippen molar-refractivity contribution in [1.29, 1.82) is 0 Å². The summed E-state index contributed by atoms with van der Waals surface area (Å²) in [6.45, 7) is 6.33. The van der Waals surface area contributed by atoms with Gasteiger partial charge in [-0.3, -0.25) is 4.79 Å². The molecule has 0 bridgehead atoms. The van der Waals surface area contributed by atoms with Gasteiger partial charge in [0.25, 0.3) is 0 Å². The van der Waals surface area contributed by atoms with E-state index >= 15 is 0 Å². The van der Waals surface area contributed by atoms with E-state index in [-0.39, 0.29) is 0 Å². The fourth-order valence-electron chi connectivity index (χ4n) is 4.12. The Morgan fingerprint density at radius 3 is 2.64 bits per heavy atom. The number of nitrogens with zero attached hydrogens (tertiary/aromatic N) is 2. The van der Waals surface area contributed by atoms with Gasteiger partial charge in [-0.1, -0.05) is 18.2 Å². The lowest BCUT2D eigenvalue weighted by Gasteiger charge is -2.40. The van der Waals surface area contributed by atoms with Crippen LogP contribution in [-0.4, -0.2) is 36.0 Å². The Balaban J connectivity index is 1.62. The predicted octanol–water partition coefficient (Wildman–Crippen LogP) is 3.62. The van der Waals surface area contributed by atoms with E-state index in [9.17, 15) is 4.79 Å². The third-order valence-corrected chi connectivity index (χ3v) is 5.28. The summed E-state index contributed by atoms with van der Waals surface area (Å²) in [5.74, 6) is 0.336. The summed E-state index contributed by atoms with van der Waals surface area (Å²) in [5.41, 5.74) is 2.77. The Labute approximate surface area is 134 Å². The second kappa shape index (κ2) is 6.72. The van der Waals surface area contributed by atoms with Crippen LogP contribution in [-0.2, 0) is 11.2 Å². The summed E-state index contributed by atoms with van der Waals surface area (Å²) in [6, 6.07) is 9.46. The van der Waals surface area contributed by atoms with Crippen molar-refractivity contribution in [2.75, 3.05) is 18.0 Å². The van der Waals surface area contributed by atoms with E-state index in [1.54, 1.807) is 0 Å². The fraction of sp³-hybridized carbons (Fsp3) is 0.632. The molecule has 1 fully saturated rings. The monoisotopic (exact) mass is 300 g/mol. The standard InChI is InChI=1S/C19H28N2O/c1-15-7-5-8-16(2)21(15)19(22)12-14-20-13-6-10-17-9-3-4-11-18(17)20/h3-4,9,11,15-16H,5-8,10,12-14H2,1-2H3. The number of piperidine rings is 1. The molecule has 0 aliphatic carbocycles. The molecule has 0 saturated carbocycles. The summed E-state index contributed by atoms with van der Waals surface area (Å²) < 4.78 is 0. The van der Waals surface area contributed by atoms with E-state index in [2.05, 4.69) is 47.9 Å². The highest BCUT2D eigenvalue weighted by Gasteiger charge is 2.29. The van der Waals surface area contributed by atoms with Crippen molar-refractivity contribution in [2.45, 2.75) is 64.5 Å². The van der Waals surface area contributed by atoms with Gasteiger partial charge in [-0.2, -0.15) is 0 Å². The van der Waals surface area contributed by atoms with E-state index in [0.717, 1.165) is 25.9 Å². The summed E-state index contributed by atoms with van der Waals surface area (Å²) in [4.78, 5) is 17.2. The molecular formula is C19H28N2O. The molecule has 2 heterocycles. The second-order valence-electron chi connectivity index (χ2n) is 6.90. The summed E-state index contributed by atoms with van der Waals surface area (Å²) in [7, 11) is 0. The fourth-order valence-corrected chi connectivity index (χ4v) is 4.12. The van der Waals surface area contributed by atoms with Crippen molar-refractivity contribution in [3.05, 3.63) is 29.8 Å². The number of anilines is 1. The minimum Gasteiger partial charge on any atom is -0.371 e. The number of aryl methyl sites for hydroxylation is 1. The third-order valence-electron chi connectivity index (χ3n) is 5.28. The first kappa shape index (κ1) is 15.4. The van der Waals surface area contributed by atoms with Gasteiger partial charge in [0.1, 0.15) is 0 Å². The minimum absolute atomic E-state index is 0.336. The number of benzene rings is 1. The van der Waals surface area contributed by atoms with Gasteiger partial charge in [0, 0.05) is 37.3 Å². The molecule has 2 atom stereocenters. The molecule has 2 aliphatic heterocycles. The molecule has 22 heavy (non-hydrogen) atoms. The number of para-hydroxylation sites is 1. The second-order valence-corrected chi connectivity index (χ2v) is 6.90. The van der Waals surface area contributed by atoms with Gasteiger partial charge < -0.3 is 9.80 Å². The van der Waals surface area contributed by atoms with Crippen molar-refractivity contribution in [2.24, 2.45) is 0 Å². The van der Waals surface area contributed by atoms with Crippen molar-refractivity contribution in [3.8, 4) is 0 Å². The number of hydrogen-bond donors (Lipinski definition) is 0. The molecule has 1 amide bonds. The molecule has 1 saturated heterocycles. The smallest absolute Gasteiger partial charge is 0.224 e. The van der Waals surface area contributed by atoms with Gasteiger partial charge in [0.2, 0.25) is 5.91 Å². The van der Waals surface area contributed by atoms with Gasteiger partial charge in [-0.25, -0.2) is 0 Å². The molecule has 3 heteroatoms. The number of fused-ring (bicyclic) bond motifs is 1. The van der Waals surface area contributed by atoms with Crippen LogP contribution in [0.4, 0.5) is 5.69 Å². The molecule has 0 radical (unpaired) electrons. The van der Waals surface area contributed by atoms with Crippen LogP contribution in [0.25, 0.3) is 0 Å². The van der Waals surface area contributed by atoms with E-state index in [1.807, 2.05) is 0 Å². The van der Waals surface area contributed by atoms with Crippen LogP contribution >= 0.6 is 0 Å². The number of likely N-dealkylation sites (tertiary alicyclic amines) is 1. The lowest BCUT2D eigenvalue weighted by Crippen LogP contribution is -2.48. The number of rotatable bonds is 3. The lowest BCUT2D eigenvalue weighted by atomic mass is 9.97. The molecule has 3 rings (SSSR count). The quantitative estimate of drug-likeness (QED) is 0.851. The molecule has 1 aromatic carbocycles. The maximum atomic E-state index is 12.7. The molecule has 0 aromatic heterocycles. The average Bonchev–Trinajstić information content (AvgIpc) is 2.52. The molecule has 120 valence electrons. The topological polar surface area (TPSA) is 23.6 Å². The van der Waals surface area contributed by atoms with Crippen LogP contribution in [0.2, 0.25) is 0 Å². The highest BCUT2D eigenvalue weighted by atomic mass is 16.2. The normalized spacial score (nSPS) is 25.0. The van der Waals surface area contributed by atoms with E-state index in [1.165, 1.54) is 30.5 Å². The van der Waals surface area contributed by atoms with Gasteiger partial charge in [0.15, 0.2) is 0 Å². The van der Waals surface area contributed by atoms with Crippen LogP contribution in [0.5, 0.6) is 0 Å². The number of carbonyl (C=O) groups is 1. The Morgan fingerprint density at radius 1 is 1.14 bits per heavy atom. The van der Waals surface area contributed by atoms with E-state index < -0.39 is 0 Å². The Morgan fingerprint density at radius 2 is 1.86 bits per heavy atom. The molecule has 0 N–H and O–H groups in total. The zero-order chi connectivity index (χ0) is 15.5. The van der Waals surface area contributed by atoms with Gasteiger partial charge in [-0.15, -0.1) is 0 Å². The first-order valence-electron chi connectivity index (χ1n) is 8.81. The predicted molar refractivity (Wildman–Crippen MR) is 91.2 cm³/mol. The van der Waals surface area contributed by atoms with E-state index in [4.69, 9.17) is 0 Å². The molecule has 1 aromatic rings. The van der Waals surface area contributed by atoms with Crippen LogP contribution in [0.1, 0.15) is 51.5 Å². The Hall–Kier alpha value is -1.51. The van der Waals surface area contributed by atoms with Crippen molar-refractivity contribution in [1.82, 2.24) is 4.90 Å². The van der Waals surface area contributed by atoms with Crippen LogP contribution in [0.3, 0.4) is 0 Å². The van der Waals surface area contributed by atoms with Gasteiger partial charge in [-0.05, 0) is 57.6 Å². The average molecular weight is 300 g/mol. The zero-order valence-corrected chi connectivity index (χ0v) is 13.9. The van der Waals surface area contributed by atoms with Crippen molar-refractivity contribution >= 4 is 11.6 Å². The largest absolute Gasteiger partial charge is 0.371 e. The Bertz CT molecular complexity index is 518. The maximum absolute atomic E-state index is 12.7. The van der Waals surface area contributed by atoms with Gasteiger partial charge >= 0.3 is 0 Å². The highest BCUT2D eigenvalue weighted by molar-refractivity contribution is 5.77. The molecular weight excluding hydrogens is 272 g/mol. The summed E-state index contributed by atoms with van der Waals surface area (Å²) in [6.07, 6.45) is 6.57. The van der Waals surface area contributed by atoms with Crippen LogP contribution in [0.15, 0.2) is 24.3 Å². The minimum atomic E-state index is 0.336. The first-order chi connectivity index (χ1) is 10.7.